The molecule has 0 unspecified atom stereocenters. The van der Waals surface area contributed by atoms with Crippen LogP contribution in [0, 0.1) is 6.92 Å². The molecule has 0 saturated carbocycles. The minimum Gasteiger partial charge on any atom is -0.497 e. The second-order valence-electron chi connectivity index (χ2n) is 7.41. The molecule has 3 aromatic carbocycles. The molecular formula is C25H19F3N2O3. The maximum atomic E-state index is 13.4. The molecule has 4 rings (SSSR count). The summed E-state index contributed by atoms with van der Waals surface area (Å²) in [6, 6.07) is 17.9. The molecule has 1 aliphatic heterocycles. The molecule has 0 fully saturated rings. The van der Waals surface area contributed by atoms with Gasteiger partial charge in [0.1, 0.15) is 11.4 Å². The minimum absolute atomic E-state index is 0.0404. The second kappa shape index (κ2) is 8.46. The van der Waals surface area contributed by atoms with Gasteiger partial charge in [-0.1, -0.05) is 36.4 Å². The van der Waals surface area contributed by atoms with Crippen LogP contribution >= 0.6 is 0 Å². The predicted octanol–water partition coefficient (Wildman–Crippen LogP) is 5.42. The summed E-state index contributed by atoms with van der Waals surface area (Å²) in [6.45, 7) is 1.77. The first-order valence-electron chi connectivity index (χ1n) is 9.98. The molecule has 0 aromatic heterocycles. The molecule has 0 radical (unpaired) electrons. The lowest BCUT2D eigenvalue weighted by molar-refractivity contribution is -0.137. The molecule has 33 heavy (non-hydrogen) atoms. The summed E-state index contributed by atoms with van der Waals surface area (Å²) >= 11 is 0. The van der Waals surface area contributed by atoms with E-state index >= 15 is 0 Å². The van der Waals surface area contributed by atoms with E-state index in [2.05, 4.69) is 5.32 Å². The van der Waals surface area contributed by atoms with Crippen molar-refractivity contribution in [3.05, 3.63) is 95.2 Å². The highest BCUT2D eigenvalue weighted by Crippen LogP contribution is 2.36. The Morgan fingerprint density at radius 2 is 1.58 bits per heavy atom. The molecule has 5 nitrogen and oxygen atoms in total. The third-order valence-electron chi connectivity index (χ3n) is 5.28. The molecule has 1 aliphatic rings. The molecule has 3 aromatic rings. The van der Waals surface area contributed by atoms with E-state index in [9.17, 15) is 22.8 Å². The van der Waals surface area contributed by atoms with Gasteiger partial charge < -0.3 is 10.1 Å². The van der Waals surface area contributed by atoms with Crippen molar-refractivity contribution in [1.29, 1.82) is 0 Å². The van der Waals surface area contributed by atoms with Crippen LogP contribution in [-0.2, 0) is 15.8 Å². The monoisotopic (exact) mass is 452 g/mol. The fraction of sp³-hybridized carbons (Fsp3) is 0.120. The van der Waals surface area contributed by atoms with Crippen LogP contribution in [0.3, 0.4) is 0 Å². The smallest absolute Gasteiger partial charge is 0.416 e. The van der Waals surface area contributed by atoms with Gasteiger partial charge in [0, 0.05) is 5.69 Å². The minimum atomic E-state index is -4.55. The van der Waals surface area contributed by atoms with Crippen LogP contribution in [0.25, 0.3) is 5.57 Å². The molecular weight excluding hydrogens is 433 g/mol. The van der Waals surface area contributed by atoms with Crippen molar-refractivity contribution < 1.29 is 27.5 Å². The summed E-state index contributed by atoms with van der Waals surface area (Å²) in [5.41, 5.74) is 0.661. The topological polar surface area (TPSA) is 58.6 Å². The van der Waals surface area contributed by atoms with Crippen LogP contribution in [0.2, 0.25) is 0 Å². The maximum absolute atomic E-state index is 13.4. The number of nitrogens with one attached hydrogen (secondary N) is 1. The van der Waals surface area contributed by atoms with E-state index in [1.165, 1.54) is 19.2 Å². The first kappa shape index (κ1) is 22.1. The zero-order chi connectivity index (χ0) is 23.8. The predicted molar refractivity (Wildman–Crippen MR) is 119 cm³/mol. The van der Waals surface area contributed by atoms with Gasteiger partial charge in [-0.3, -0.25) is 9.59 Å². The average Bonchev–Trinajstić information content (AvgIpc) is 3.03. The number of alkyl halides is 3. The Morgan fingerprint density at radius 3 is 2.21 bits per heavy atom. The van der Waals surface area contributed by atoms with Crippen LogP contribution < -0.4 is 15.0 Å². The Kier molecular flexibility index (Phi) is 5.68. The van der Waals surface area contributed by atoms with Gasteiger partial charge in [0.25, 0.3) is 11.8 Å². The van der Waals surface area contributed by atoms with Gasteiger partial charge in [-0.25, -0.2) is 4.90 Å². The van der Waals surface area contributed by atoms with Crippen LogP contribution in [0.15, 0.2) is 78.5 Å². The number of hydrogen-bond donors (Lipinski definition) is 1. The Balaban J connectivity index is 1.83. The Hall–Kier alpha value is -4.07. The summed E-state index contributed by atoms with van der Waals surface area (Å²) in [5.74, 6) is -0.675. The number of methoxy groups -OCH3 is 1. The molecule has 1 N–H and O–H groups in total. The van der Waals surface area contributed by atoms with E-state index in [1.54, 1.807) is 55.5 Å². The highest BCUT2D eigenvalue weighted by Gasteiger charge is 2.41. The van der Waals surface area contributed by atoms with E-state index in [4.69, 9.17) is 4.74 Å². The van der Waals surface area contributed by atoms with Gasteiger partial charge in [-0.2, -0.15) is 13.2 Å². The molecule has 0 saturated heterocycles. The summed E-state index contributed by atoms with van der Waals surface area (Å²) in [6.07, 6.45) is -4.55. The molecule has 0 atom stereocenters. The number of ether oxygens (including phenoxy) is 1. The lowest BCUT2D eigenvalue weighted by atomic mass is 10.0. The first-order chi connectivity index (χ1) is 15.7. The van der Waals surface area contributed by atoms with Crippen LogP contribution in [0.4, 0.5) is 24.5 Å². The first-order valence-corrected chi connectivity index (χ1v) is 9.98. The molecule has 0 bridgehead atoms. The number of nitrogens with zero attached hydrogens (tertiary/aromatic N) is 1. The number of carbonyl (C=O) groups excluding carboxylic acids is 2. The molecule has 2 amide bonds. The van der Waals surface area contributed by atoms with Crippen molar-refractivity contribution in [3.63, 3.8) is 0 Å². The Bertz CT molecular complexity index is 1260. The van der Waals surface area contributed by atoms with Gasteiger partial charge in [0.15, 0.2) is 0 Å². The fourth-order valence-corrected chi connectivity index (χ4v) is 3.62. The number of halogens is 3. The van der Waals surface area contributed by atoms with Crippen molar-refractivity contribution in [2.24, 2.45) is 0 Å². The number of para-hydroxylation sites is 1. The standard InChI is InChI=1S/C25H19F3N2O3/c1-15-6-3-4-9-20(15)30-23(31)21(16-10-12-19(33-2)13-11-16)22(24(30)32)29-18-8-5-7-17(14-18)25(26,27)28/h3-14,29H,1-2H3. The third kappa shape index (κ3) is 4.19. The highest BCUT2D eigenvalue weighted by atomic mass is 19.4. The Labute approximate surface area is 188 Å². The Morgan fingerprint density at radius 1 is 0.879 bits per heavy atom. The molecule has 0 aliphatic carbocycles. The summed E-state index contributed by atoms with van der Waals surface area (Å²) in [5, 5.41) is 2.77. The number of imide groups is 1. The summed E-state index contributed by atoms with van der Waals surface area (Å²) in [4.78, 5) is 27.9. The van der Waals surface area contributed by atoms with E-state index in [0.717, 1.165) is 17.0 Å². The van der Waals surface area contributed by atoms with Gasteiger partial charge in [0.2, 0.25) is 0 Å². The number of amides is 2. The molecule has 1 heterocycles. The van der Waals surface area contributed by atoms with Crippen LogP contribution in [0.1, 0.15) is 16.7 Å². The number of hydrogen-bond acceptors (Lipinski definition) is 4. The second-order valence-corrected chi connectivity index (χ2v) is 7.41. The lowest BCUT2D eigenvalue weighted by Crippen LogP contribution is -2.33. The van der Waals surface area contributed by atoms with Gasteiger partial charge in [0.05, 0.1) is 23.9 Å². The van der Waals surface area contributed by atoms with Gasteiger partial charge in [-0.15, -0.1) is 0 Å². The number of benzene rings is 3. The van der Waals surface area contributed by atoms with Crippen molar-refractivity contribution in [3.8, 4) is 5.75 Å². The van der Waals surface area contributed by atoms with Gasteiger partial charge >= 0.3 is 6.18 Å². The SMILES string of the molecule is COc1ccc(C2=C(Nc3cccc(C(F)(F)F)c3)C(=O)N(c3ccccc3C)C2=O)cc1. The summed E-state index contributed by atoms with van der Waals surface area (Å²) < 4.78 is 44.7. The normalized spacial score (nSPS) is 14.2. The number of carbonyl (C=O) groups is 2. The number of anilines is 2. The third-order valence-corrected chi connectivity index (χ3v) is 5.28. The van der Waals surface area contributed by atoms with Crippen molar-refractivity contribution in [2.75, 3.05) is 17.3 Å². The zero-order valence-corrected chi connectivity index (χ0v) is 17.7. The van der Waals surface area contributed by atoms with E-state index in [0.29, 0.717) is 22.6 Å². The van der Waals surface area contributed by atoms with Crippen LogP contribution in [0.5, 0.6) is 5.75 Å². The van der Waals surface area contributed by atoms with Crippen LogP contribution in [-0.4, -0.2) is 18.9 Å². The van der Waals surface area contributed by atoms with E-state index in [-0.39, 0.29) is 17.0 Å². The molecule has 8 heteroatoms. The fourth-order valence-electron chi connectivity index (χ4n) is 3.62. The largest absolute Gasteiger partial charge is 0.497 e. The highest BCUT2D eigenvalue weighted by molar-refractivity contribution is 6.46. The molecule has 0 spiro atoms. The number of rotatable bonds is 5. The van der Waals surface area contributed by atoms with E-state index < -0.39 is 23.6 Å². The van der Waals surface area contributed by atoms with Crippen molar-refractivity contribution in [1.82, 2.24) is 0 Å². The zero-order valence-electron chi connectivity index (χ0n) is 17.7. The van der Waals surface area contributed by atoms with E-state index in [1.807, 2.05) is 0 Å². The molecule has 168 valence electrons. The van der Waals surface area contributed by atoms with Crippen molar-refractivity contribution in [2.45, 2.75) is 13.1 Å². The van der Waals surface area contributed by atoms with Gasteiger partial charge in [-0.05, 0) is 54.4 Å². The quantitative estimate of drug-likeness (QED) is 0.526. The van der Waals surface area contributed by atoms with Crippen molar-refractivity contribution >= 4 is 28.8 Å². The average molecular weight is 452 g/mol. The maximum Gasteiger partial charge on any atom is 0.416 e. The number of aryl methyl sites for hydroxylation is 1. The summed E-state index contributed by atoms with van der Waals surface area (Å²) in [7, 11) is 1.50. The lowest BCUT2D eigenvalue weighted by Gasteiger charge is -2.17.